The summed E-state index contributed by atoms with van der Waals surface area (Å²) in [6.07, 6.45) is 8.64. The van der Waals surface area contributed by atoms with E-state index in [9.17, 15) is 14.4 Å². The molecule has 0 aliphatic carbocycles. The molecule has 126 valence electrons. The van der Waals surface area contributed by atoms with Gasteiger partial charge in [0.1, 0.15) is 11.8 Å². The third kappa shape index (κ3) is 8.41. The number of hydrogen-bond acceptors (Lipinski definition) is 5. The molecule has 1 aliphatic rings. The number of hydrogen-bond donors (Lipinski definition) is 2. The average Bonchev–Trinajstić information content (AvgIpc) is 2.87. The Hall–Kier alpha value is -1.04. The van der Waals surface area contributed by atoms with Crippen LogP contribution < -0.4 is 5.32 Å². The van der Waals surface area contributed by atoms with Gasteiger partial charge >= 0.3 is 5.97 Å². The van der Waals surface area contributed by atoms with E-state index in [0.29, 0.717) is 19.4 Å². The molecule has 5 nitrogen and oxygen atoms in total. The molecule has 1 heterocycles. The Morgan fingerprint density at radius 3 is 2.32 bits per heavy atom. The van der Waals surface area contributed by atoms with Crippen LogP contribution >= 0.6 is 12.6 Å². The summed E-state index contributed by atoms with van der Waals surface area (Å²) in [5.74, 6) is 0.119. The van der Waals surface area contributed by atoms with Crippen molar-refractivity contribution in [2.24, 2.45) is 0 Å². The second-order valence-electron chi connectivity index (χ2n) is 5.74. The molecule has 6 heteroatoms. The summed E-state index contributed by atoms with van der Waals surface area (Å²) >= 11 is 4.17. The van der Waals surface area contributed by atoms with Gasteiger partial charge in [0.05, 0.1) is 13.0 Å². The van der Waals surface area contributed by atoms with Crippen LogP contribution in [0, 0.1) is 0 Å². The number of nitrogens with one attached hydrogen (secondary N) is 1. The molecular weight excluding hydrogens is 302 g/mol. The quantitative estimate of drug-likeness (QED) is 0.250. The van der Waals surface area contributed by atoms with Gasteiger partial charge in [-0.05, 0) is 18.6 Å². The van der Waals surface area contributed by atoms with Crippen LogP contribution in [-0.4, -0.2) is 36.1 Å². The van der Waals surface area contributed by atoms with Gasteiger partial charge in [0.25, 0.3) is 0 Å². The second-order valence-corrected chi connectivity index (χ2v) is 6.19. The minimum Gasteiger partial charge on any atom is -0.464 e. The van der Waals surface area contributed by atoms with Gasteiger partial charge in [0, 0.05) is 12.8 Å². The Balaban J connectivity index is 1.98. The summed E-state index contributed by atoms with van der Waals surface area (Å²) in [4.78, 5) is 34.5. The van der Waals surface area contributed by atoms with Crippen molar-refractivity contribution in [3.8, 4) is 0 Å². The van der Waals surface area contributed by atoms with Crippen molar-refractivity contribution in [2.75, 3.05) is 12.4 Å². The van der Waals surface area contributed by atoms with Gasteiger partial charge < -0.3 is 10.1 Å². The summed E-state index contributed by atoms with van der Waals surface area (Å²) < 4.78 is 4.76. The first-order valence-corrected chi connectivity index (χ1v) is 8.85. The first-order chi connectivity index (χ1) is 10.6. The van der Waals surface area contributed by atoms with Crippen LogP contribution in [0.2, 0.25) is 0 Å². The highest BCUT2D eigenvalue weighted by Crippen LogP contribution is 2.10. The number of thiol groups is 1. The van der Waals surface area contributed by atoms with Gasteiger partial charge in [0.2, 0.25) is 5.91 Å². The van der Waals surface area contributed by atoms with Crippen LogP contribution in [0.25, 0.3) is 0 Å². The molecule has 1 amide bonds. The van der Waals surface area contributed by atoms with Gasteiger partial charge in [-0.2, -0.15) is 12.6 Å². The molecule has 1 rings (SSSR count). The van der Waals surface area contributed by atoms with Crippen LogP contribution in [0.15, 0.2) is 0 Å². The number of ketones is 1. The predicted molar refractivity (Wildman–Crippen MR) is 87.9 cm³/mol. The molecule has 0 saturated carbocycles. The van der Waals surface area contributed by atoms with Crippen molar-refractivity contribution in [1.82, 2.24) is 5.32 Å². The van der Waals surface area contributed by atoms with Crippen molar-refractivity contribution < 1.29 is 19.1 Å². The fraction of sp³-hybridized carbons (Fsp3) is 0.812. The fourth-order valence-corrected chi connectivity index (χ4v) is 2.68. The molecule has 1 N–H and O–H groups in total. The van der Waals surface area contributed by atoms with Gasteiger partial charge in [-0.15, -0.1) is 0 Å². The van der Waals surface area contributed by atoms with E-state index in [1.54, 1.807) is 0 Å². The zero-order chi connectivity index (χ0) is 16.2. The summed E-state index contributed by atoms with van der Waals surface area (Å²) in [5.41, 5.74) is 0. The van der Waals surface area contributed by atoms with Gasteiger partial charge in [-0.3, -0.25) is 9.59 Å². The molecule has 0 aromatic rings. The van der Waals surface area contributed by atoms with Crippen molar-refractivity contribution in [1.29, 1.82) is 0 Å². The van der Waals surface area contributed by atoms with E-state index in [0.717, 1.165) is 25.0 Å². The molecule has 22 heavy (non-hydrogen) atoms. The highest BCUT2D eigenvalue weighted by molar-refractivity contribution is 7.80. The van der Waals surface area contributed by atoms with E-state index >= 15 is 0 Å². The van der Waals surface area contributed by atoms with Crippen LogP contribution in [0.3, 0.4) is 0 Å². The lowest BCUT2D eigenvalue weighted by Crippen LogP contribution is -2.38. The largest absolute Gasteiger partial charge is 0.464 e. The average molecular weight is 329 g/mol. The lowest BCUT2D eigenvalue weighted by molar-refractivity contribution is -0.142. The Kier molecular flexibility index (Phi) is 9.95. The number of carbonyl (C=O) groups is 3. The topological polar surface area (TPSA) is 72.5 Å². The maximum atomic E-state index is 11.7. The number of esters is 1. The lowest BCUT2D eigenvalue weighted by atomic mass is 10.1. The number of unbranched alkanes of at least 4 members (excludes halogenated alkanes) is 6. The standard InChI is InChI=1S/C16H27NO4S/c18-13(8-6-4-2-1-3-5-7-11-22)12-15(19)17-14-9-10-21-16(14)20/h14,22H,1-12H2,(H,17,19). The molecule has 1 fully saturated rings. The minimum absolute atomic E-state index is 0.0565. The van der Waals surface area contributed by atoms with E-state index < -0.39 is 12.0 Å². The molecular formula is C16H27NO4S. The fourth-order valence-electron chi connectivity index (χ4n) is 2.46. The summed E-state index contributed by atoms with van der Waals surface area (Å²) in [6, 6.07) is -0.572. The van der Waals surface area contributed by atoms with Crippen molar-refractivity contribution in [2.45, 2.75) is 70.3 Å². The molecule has 0 aromatic carbocycles. The zero-order valence-electron chi connectivity index (χ0n) is 13.1. The van der Waals surface area contributed by atoms with Gasteiger partial charge in [0.15, 0.2) is 0 Å². The maximum absolute atomic E-state index is 11.7. The molecule has 0 radical (unpaired) electrons. The second kappa shape index (κ2) is 11.5. The number of cyclic esters (lactones) is 1. The third-order valence-electron chi connectivity index (χ3n) is 3.74. The molecule has 1 saturated heterocycles. The zero-order valence-corrected chi connectivity index (χ0v) is 14.0. The Labute approximate surface area is 138 Å². The van der Waals surface area contributed by atoms with E-state index in [2.05, 4.69) is 17.9 Å². The normalized spacial score (nSPS) is 17.3. The number of Topliss-reactive ketones (excluding diaryl/α,β-unsaturated/α-hetero) is 1. The lowest BCUT2D eigenvalue weighted by Gasteiger charge is -2.08. The number of carbonyl (C=O) groups excluding carboxylic acids is 3. The highest BCUT2D eigenvalue weighted by atomic mass is 32.1. The first kappa shape index (κ1) is 19.0. The van der Waals surface area contributed by atoms with Crippen LogP contribution in [0.1, 0.15) is 64.2 Å². The molecule has 0 aromatic heterocycles. The smallest absolute Gasteiger partial charge is 0.328 e. The van der Waals surface area contributed by atoms with Crippen molar-refractivity contribution >= 4 is 30.3 Å². The predicted octanol–water partition coefficient (Wildman–Crippen LogP) is 2.43. The van der Waals surface area contributed by atoms with E-state index in [1.807, 2.05) is 0 Å². The molecule has 0 bridgehead atoms. The highest BCUT2D eigenvalue weighted by Gasteiger charge is 2.28. The molecule has 0 spiro atoms. The van der Waals surface area contributed by atoms with Crippen molar-refractivity contribution in [3.05, 3.63) is 0 Å². The minimum atomic E-state index is -0.572. The monoisotopic (exact) mass is 329 g/mol. The van der Waals surface area contributed by atoms with E-state index in [4.69, 9.17) is 4.74 Å². The number of ether oxygens (including phenoxy) is 1. The first-order valence-electron chi connectivity index (χ1n) is 8.22. The summed E-state index contributed by atoms with van der Waals surface area (Å²) in [6.45, 7) is 0.339. The van der Waals surface area contributed by atoms with Crippen molar-refractivity contribution in [3.63, 3.8) is 0 Å². The molecule has 1 atom stereocenters. The maximum Gasteiger partial charge on any atom is 0.328 e. The molecule has 1 unspecified atom stereocenters. The Morgan fingerprint density at radius 2 is 1.73 bits per heavy atom. The molecule has 1 aliphatic heterocycles. The van der Waals surface area contributed by atoms with Gasteiger partial charge in [-0.1, -0.05) is 32.1 Å². The number of rotatable bonds is 12. The Bertz CT molecular complexity index is 373. The van der Waals surface area contributed by atoms with Crippen LogP contribution in [0.5, 0.6) is 0 Å². The number of amides is 1. The van der Waals surface area contributed by atoms with Crippen LogP contribution in [-0.2, 0) is 19.1 Å². The third-order valence-corrected chi connectivity index (χ3v) is 4.06. The summed E-state index contributed by atoms with van der Waals surface area (Å²) in [5, 5.41) is 2.55. The van der Waals surface area contributed by atoms with Crippen LogP contribution in [0.4, 0.5) is 0 Å². The summed E-state index contributed by atoms with van der Waals surface area (Å²) in [7, 11) is 0. The Morgan fingerprint density at radius 1 is 1.09 bits per heavy atom. The van der Waals surface area contributed by atoms with E-state index in [-0.39, 0.29) is 18.1 Å². The van der Waals surface area contributed by atoms with E-state index in [1.165, 1.54) is 25.7 Å². The SMILES string of the molecule is O=C(CCCCCCCCCS)CC(=O)NC1CCOC1=O. The van der Waals surface area contributed by atoms with Gasteiger partial charge in [-0.25, -0.2) is 4.79 Å².